The Labute approximate surface area is 83.4 Å². The molecule has 1 heteroatoms. The van der Waals surface area contributed by atoms with Gasteiger partial charge in [-0.2, -0.15) is 5.73 Å². The molecule has 0 N–H and O–H groups in total. The molecule has 1 nitrogen and oxygen atoms in total. The van der Waals surface area contributed by atoms with Gasteiger partial charge in [0.1, 0.15) is 0 Å². The summed E-state index contributed by atoms with van der Waals surface area (Å²) in [5.74, 6) is 0. The Kier molecular flexibility index (Phi) is 11.1. The van der Waals surface area contributed by atoms with Crippen LogP contribution in [0.1, 0.15) is 64.7 Å². The number of nitrogens with zero attached hydrogens (tertiary/aromatic N) is 1. The van der Waals surface area contributed by atoms with Gasteiger partial charge < -0.3 is 0 Å². The van der Waals surface area contributed by atoms with Gasteiger partial charge >= 0.3 is 0 Å². The molecular formula is C12H23N. The molecule has 0 saturated carbocycles. The molecule has 0 aromatic heterocycles. The Balaban J connectivity index is 2.83. The van der Waals surface area contributed by atoms with Gasteiger partial charge in [-0.1, -0.05) is 57.9 Å². The minimum Gasteiger partial charge on any atom is -0.160 e. The molecule has 0 heterocycles. The Morgan fingerprint density at radius 1 is 0.846 bits per heavy atom. The van der Waals surface area contributed by atoms with Crippen molar-refractivity contribution in [3.05, 3.63) is 12.3 Å². The smallest absolute Gasteiger partial charge is 0.0455 e. The third kappa shape index (κ3) is 11.5. The summed E-state index contributed by atoms with van der Waals surface area (Å²) in [5, 5.41) is 0. The number of hydrogen-bond acceptors (Lipinski definition) is 0. The Bertz CT molecular complexity index is 108. The van der Waals surface area contributed by atoms with Gasteiger partial charge in [-0.15, -0.1) is 0 Å². The third-order valence-corrected chi connectivity index (χ3v) is 2.33. The largest absolute Gasteiger partial charge is 0.160 e. The number of hydrogen-bond donors (Lipinski definition) is 0. The molecule has 13 heavy (non-hydrogen) atoms. The van der Waals surface area contributed by atoms with Crippen LogP contribution in [-0.4, -0.2) is 0 Å². The Hall–Kier alpha value is -0.460. The van der Waals surface area contributed by atoms with Gasteiger partial charge in [-0.05, 0) is 12.8 Å². The van der Waals surface area contributed by atoms with Crippen molar-refractivity contribution in [2.45, 2.75) is 64.7 Å². The predicted molar refractivity (Wildman–Crippen MR) is 58.5 cm³/mol. The van der Waals surface area contributed by atoms with Crippen LogP contribution in [0.2, 0.25) is 0 Å². The number of allylic oxidation sites excluding steroid dienone is 1. The molecule has 0 aromatic rings. The van der Waals surface area contributed by atoms with Crippen LogP contribution >= 0.6 is 0 Å². The molecule has 0 amide bonds. The lowest BCUT2D eigenvalue weighted by Gasteiger charge is -1.99. The lowest BCUT2D eigenvalue weighted by Crippen LogP contribution is -1.79. The Morgan fingerprint density at radius 2 is 1.38 bits per heavy atom. The van der Waals surface area contributed by atoms with Gasteiger partial charge in [0.05, 0.1) is 0 Å². The molecule has 0 aliphatic carbocycles. The van der Waals surface area contributed by atoms with Crippen LogP contribution in [0.25, 0.3) is 0 Å². The van der Waals surface area contributed by atoms with Crippen molar-refractivity contribution in [2.75, 3.05) is 0 Å². The summed E-state index contributed by atoms with van der Waals surface area (Å²) < 4.78 is 0. The first-order valence-corrected chi connectivity index (χ1v) is 5.71. The van der Waals surface area contributed by atoms with Crippen LogP contribution in [0.3, 0.4) is 0 Å². The highest BCUT2D eigenvalue weighted by molar-refractivity contribution is 4.74. The molecular weight excluding hydrogens is 158 g/mol. The van der Waals surface area contributed by atoms with E-state index in [1.54, 1.807) is 0 Å². The quantitative estimate of drug-likeness (QED) is 0.478. The summed E-state index contributed by atoms with van der Waals surface area (Å²) in [4.78, 5) is 0. The maximum absolute atomic E-state index is 8.39. The minimum atomic E-state index is 1.03. The van der Waals surface area contributed by atoms with E-state index in [1.807, 2.05) is 6.08 Å². The molecule has 0 fully saturated rings. The van der Waals surface area contributed by atoms with Crippen molar-refractivity contribution in [1.82, 2.24) is 5.73 Å². The molecule has 0 aliphatic rings. The molecule has 0 spiro atoms. The molecule has 0 aliphatic heterocycles. The van der Waals surface area contributed by atoms with Crippen molar-refractivity contribution in [3.63, 3.8) is 0 Å². The van der Waals surface area contributed by atoms with Crippen molar-refractivity contribution in [2.24, 2.45) is 0 Å². The van der Waals surface area contributed by atoms with Gasteiger partial charge in [0.15, 0.2) is 0 Å². The van der Waals surface area contributed by atoms with Crippen molar-refractivity contribution < 1.29 is 0 Å². The van der Waals surface area contributed by atoms with E-state index in [0.29, 0.717) is 0 Å². The monoisotopic (exact) mass is 181 g/mol. The highest BCUT2D eigenvalue weighted by atomic mass is 14.5. The van der Waals surface area contributed by atoms with Crippen LogP contribution < -0.4 is 5.73 Å². The highest BCUT2D eigenvalue weighted by Crippen LogP contribution is 2.09. The van der Waals surface area contributed by atoms with E-state index in [2.05, 4.69) is 6.92 Å². The first-order valence-electron chi connectivity index (χ1n) is 5.71. The van der Waals surface area contributed by atoms with Crippen LogP contribution in [0, 0.1) is 0 Å². The second-order valence-electron chi connectivity index (χ2n) is 3.65. The third-order valence-electron chi connectivity index (χ3n) is 2.33. The van der Waals surface area contributed by atoms with Crippen molar-refractivity contribution in [1.29, 1.82) is 0 Å². The fourth-order valence-corrected chi connectivity index (χ4v) is 1.47. The van der Waals surface area contributed by atoms with Crippen molar-refractivity contribution in [3.8, 4) is 0 Å². The van der Waals surface area contributed by atoms with E-state index in [0.717, 1.165) is 12.6 Å². The first-order chi connectivity index (χ1) is 6.41. The lowest BCUT2D eigenvalue weighted by molar-refractivity contribution is 0.577. The molecule has 2 radical (unpaired) electrons. The molecule has 0 unspecified atom stereocenters. The standard InChI is InChI=1S/C12H23N/c1-2-3-4-5-6-7-8-9-10-11-12-13/h11-12H,2-10H2,1H3/b12-11+. The van der Waals surface area contributed by atoms with E-state index in [4.69, 9.17) is 5.73 Å². The van der Waals surface area contributed by atoms with E-state index >= 15 is 0 Å². The van der Waals surface area contributed by atoms with E-state index in [-0.39, 0.29) is 0 Å². The van der Waals surface area contributed by atoms with Crippen LogP contribution in [0.15, 0.2) is 12.3 Å². The number of unbranched alkanes of at least 4 members (excludes halogenated alkanes) is 8. The van der Waals surface area contributed by atoms with Crippen LogP contribution in [-0.2, 0) is 0 Å². The molecule has 76 valence electrons. The predicted octanol–water partition coefficient (Wildman–Crippen LogP) is 4.10. The van der Waals surface area contributed by atoms with Crippen LogP contribution in [0.5, 0.6) is 0 Å². The molecule has 0 bridgehead atoms. The van der Waals surface area contributed by atoms with Gasteiger partial charge in [0, 0.05) is 6.20 Å². The zero-order valence-electron chi connectivity index (χ0n) is 8.97. The summed E-state index contributed by atoms with van der Waals surface area (Å²) >= 11 is 0. The maximum Gasteiger partial charge on any atom is 0.0455 e. The molecule has 0 rings (SSSR count). The Morgan fingerprint density at radius 3 is 1.92 bits per heavy atom. The zero-order valence-corrected chi connectivity index (χ0v) is 8.97. The molecule has 0 atom stereocenters. The van der Waals surface area contributed by atoms with E-state index in [9.17, 15) is 0 Å². The van der Waals surface area contributed by atoms with E-state index < -0.39 is 0 Å². The fraction of sp³-hybridized carbons (Fsp3) is 0.833. The SMILES string of the molecule is CCCCCCCCCC/C=C/[N]. The number of rotatable bonds is 9. The summed E-state index contributed by atoms with van der Waals surface area (Å²) in [7, 11) is 0. The maximum atomic E-state index is 8.39. The van der Waals surface area contributed by atoms with Crippen LogP contribution in [0.4, 0.5) is 0 Å². The summed E-state index contributed by atoms with van der Waals surface area (Å²) in [6, 6.07) is 0. The lowest BCUT2D eigenvalue weighted by atomic mass is 10.1. The van der Waals surface area contributed by atoms with Gasteiger partial charge in [-0.25, -0.2) is 0 Å². The minimum absolute atomic E-state index is 1.03. The summed E-state index contributed by atoms with van der Waals surface area (Å²) in [6.07, 6.45) is 14.9. The molecule has 0 aromatic carbocycles. The second-order valence-corrected chi connectivity index (χ2v) is 3.65. The average molecular weight is 181 g/mol. The molecule has 0 saturated heterocycles. The summed E-state index contributed by atoms with van der Waals surface area (Å²) in [6.45, 7) is 2.25. The zero-order chi connectivity index (χ0) is 9.78. The van der Waals surface area contributed by atoms with Crippen molar-refractivity contribution >= 4 is 0 Å². The second kappa shape index (κ2) is 11.5. The van der Waals surface area contributed by atoms with Gasteiger partial charge in [0.2, 0.25) is 0 Å². The van der Waals surface area contributed by atoms with E-state index in [1.165, 1.54) is 51.4 Å². The highest BCUT2D eigenvalue weighted by Gasteiger charge is 1.89. The van der Waals surface area contributed by atoms with Gasteiger partial charge in [-0.3, -0.25) is 0 Å². The summed E-state index contributed by atoms with van der Waals surface area (Å²) in [5.41, 5.74) is 8.39. The normalized spacial score (nSPS) is 11.2. The first kappa shape index (κ1) is 12.5. The van der Waals surface area contributed by atoms with Gasteiger partial charge in [0.25, 0.3) is 0 Å². The average Bonchev–Trinajstić information content (AvgIpc) is 2.16. The topological polar surface area (TPSA) is 22.3 Å². The fourth-order valence-electron chi connectivity index (χ4n) is 1.47.